The quantitative estimate of drug-likeness (QED) is 0.474. The van der Waals surface area contributed by atoms with E-state index >= 15 is 0 Å². The van der Waals surface area contributed by atoms with Crippen LogP contribution < -0.4 is 11.1 Å². The third kappa shape index (κ3) is 3.78. The summed E-state index contributed by atoms with van der Waals surface area (Å²) >= 11 is 0. The van der Waals surface area contributed by atoms with Gasteiger partial charge in [-0.25, -0.2) is 4.79 Å². The van der Waals surface area contributed by atoms with Crippen LogP contribution in [0.5, 0.6) is 0 Å². The van der Waals surface area contributed by atoms with Gasteiger partial charge in [0.05, 0.1) is 5.56 Å². The molecule has 4 N–H and O–H groups in total. The second-order valence-corrected chi connectivity index (χ2v) is 3.08. The molecule has 0 saturated heterocycles. The Labute approximate surface area is 96.7 Å². The van der Waals surface area contributed by atoms with Crippen molar-refractivity contribution in [2.45, 2.75) is 0 Å². The fourth-order valence-electron chi connectivity index (χ4n) is 1.05. The van der Waals surface area contributed by atoms with Gasteiger partial charge in [0.25, 0.3) is 11.8 Å². The van der Waals surface area contributed by atoms with Crippen molar-refractivity contribution < 1.29 is 19.5 Å². The first-order valence-electron chi connectivity index (χ1n) is 4.61. The summed E-state index contributed by atoms with van der Waals surface area (Å²) in [4.78, 5) is 30.4. The number of aromatic carboxylic acids is 1. The lowest BCUT2D eigenvalue weighted by atomic mass is 10.2. The van der Waals surface area contributed by atoms with Crippen LogP contribution in [0.1, 0.15) is 10.4 Å². The summed E-state index contributed by atoms with van der Waals surface area (Å²) in [5.41, 5.74) is 5.80. The number of nitrogens with two attached hydrogens (primary N) is 1. The van der Waals surface area contributed by atoms with Gasteiger partial charge in [-0.2, -0.15) is 0 Å². The lowest BCUT2D eigenvalue weighted by Gasteiger charge is -1.96. The Morgan fingerprint density at radius 1 is 1.12 bits per heavy atom. The minimum absolute atomic E-state index is 0.155. The zero-order valence-corrected chi connectivity index (χ0v) is 8.71. The number of imide groups is 1. The van der Waals surface area contributed by atoms with Crippen molar-refractivity contribution in [3.8, 4) is 0 Å². The number of carboxylic acid groups (broad SMARTS) is 1. The van der Waals surface area contributed by atoms with Gasteiger partial charge in [-0.05, 0) is 12.1 Å². The first-order chi connectivity index (χ1) is 8.00. The lowest BCUT2D eigenvalue weighted by molar-refractivity contribution is -0.123. The topological polar surface area (TPSA) is 109 Å². The molecule has 0 aromatic heterocycles. The summed E-state index contributed by atoms with van der Waals surface area (Å²) < 4.78 is 0. The highest BCUT2D eigenvalue weighted by Crippen LogP contribution is 2.08. The van der Waals surface area contributed by atoms with Crippen LogP contribution >= 0.6 is 0 Å². The fourth-order valence-corrected chi connectivity index (χ4v) is 1.05. The number of hydrogen-bond donors (Lipinski definition) is 3. The molecule has 0 atom stereocenters. The normalized spacial score (nSPS) is 12.7. The van der Waals surface area contributed by atoms with E-state index in [0.29, 0.717) is 5.69 Å². The molecule has 0 aliphatic carbocycles. The van der Waals surface area contributed by atoms with E-state index in [4.69, 9.17) is 10.8 Å². The molecule has 0 saturated carbocycles. The van der Waals surface area contributed by atoms with Gasteiger partial charge in [-0.3, -0.25) is 14.9 Å². The van der Waals surface area contributed by atoms with Gasteiger partial charge in [-0.1, -0.05) is 12.1 Å². The predicted molar refractivity (Wildman–Crippen MR) is 60.1 cm³/mol. The molecule has 1 aromatic rings. The number of hydrogen-bond acceptors (Lipinski definition) is 4. The van der Waals surface area contributed by atoms with E-state index in [1.165, 1.54) is 18.2 Å². The maximum absolute atomic E-state index is 10.3. The predicted octanol–water partition coefficient (Wildman–Crippen LogP) is 0.166. The Bertz CT molecular complexity index is 478. The number of nitrogens with one attached hydrogen (secondary N) is 1. The van der Waals surface area contributed by atoms with Crippen molar-refractivity contribution in [3.05, 3.63) is 42.0 Å². The van der Waals surface area contributed by atoms with Gasteiger partial charge < -0.3 is 10.8 Å². The van der Waals surface area contributed by atoms with Crippen LogP contribution in [0.4, 0.5) is 5.69 Å². The largest absolute Gasteiger partial charge is 0.478 e. The number of nitrogen functional groups attached to an aromatic ring is 1. The van der Waals surface area contributed by atoms with Gasteiger partial charge in [0.1, 0.15) is 0 Å². The van der Waals surface area contributed by atoms with Crippen LogP contribution in [0.2, 0.25) is 0 Å². The Morgan fingerprint density at radius 2 is 1.65 bits per heavy atom. The minimum Gasteiger partial charge on any atom is -0.478 e. The fraction of sp³-hybridized carbons (Fsp3) is 0. The molecule has 0 spiro atoms. The van der Waals surface area contributed by atoms with Crippen molar-refractivity contribution in [1.82, 2.24) is 5.32 Å². The molecule has 1 aromatic carbocycles. The molecular formula is C11H10N2O4. The summed E-state index contributed by atoms with van der Waals surface area (Å²) in [6.07, 6.45) is 2.39. The maximum atomic E-state index is 10.3. The molecule has 1 aliphatic rings. The first-order valence-corrected chi connectivity index (χ1v) is 4.61. The number of carbonyl (C=O) groups is 3. The summed E-state index contributed by atoms with van der Waals surface area (Å²) in [6.45, 7) is 0. The molecule has 0 unspecified atom stereocenters. The van der Waals surface area contributed by atoms with E-state index in [2.05, 4.69) is 0 Å². The van der Waals surface area contributed by atoms with Crippen molar-refractivity contribution in [2.75, 3.05) is 5.73 Å². The molecule has 0 bridgehead atoms. The van der Waals surface area contributed by atoms with E-state index in [0.717, 1.165) is 0 Å². The number of carbonyl (C=O) groups excluding carboxylic acids is 2. The smallest absolute Gasteiger partial charge is 0.337 e. The van der Waals surface area contributed by atoms with E-state index in [1.54, 1.807) is 18.2 Å². The second kappa shape index (κ2) is 5.45. The lowest BCUT2D eigenvalue weighted by Crippen LogP contribution is -2.19. The van der Waals surface area contributed by atoms with Crippen LogP contribution in [0.15, 0.2) is 36.4 Å². The van der Waals surface area contributed by atoms with Crippen LogP contribution in [0.25, 0.3) is 0 Å². The molecule has 6 heteroatoms. The van der Waals surface area contributed by atoms with Crippen molar-refractivity contribution >= 4 is 23.5 Å². The molecule has 0 radical (unpaired) electrons. The molecule has 2 amide bonds. The molecule has 6 nitrogen and oxygen atoms in total. The third-order valence-electron chi connectivity index (χ3n) is 1.82. The van der Waals surface area contributed by atoms with Gasteiger partial charge in [0, 0.05) is 17.8 Å². The van der Waals surface area contributed by atoms with Crippen LogP contribution in [0.3, 0.4) is 0 Å². The Morgan fingerprint density at radius 3 is 1.94 bits per heavy atom. The number of benzene rings is 1. The van der Waals surface area contributed by atoms with Crippen molar-refractivity contribution in [2.24, 2.45) is 0 Å². The summed E-state index contributed by atoms with van der Waals surface area (Å²) in [5, 5.41) is 10.5. The number of para-hydroxylation sites is 1. The highest BCUT2D eigenvalue weighted by atomic mass is 16.4. The average Bonchev–Trinajstić information content (AvgIpc) is 2.63. The van der Waals surface area contributed by atoms with E-state index in [-0.39, 0.29) is 17.4 Å². The monoisotopic (exact) mass is 234 g/mol. The van der Waals surface area contributed by atoms with Gasteiger partial charge in [0.2, 0.25) is 0 Å². The molecule has 0 fully saturated rings. The van der Waals surface area contributed by atoms with Gasteiger partial charge in [-0.15, -0.1) is 0 Å². The van der Waals surface area contributed by atoms with Crippen LogP contribution in [-0.2, 0) is 9.59 Å². The minimum atomic E-state index is -0.988. The molecule has 1 heterocycles. The maximum Gasteiger partial charge on any atom is 0.337 e. The Balaban J connectivity index is 0.000000181. The zero-order valence-electron chi connectivity index (χ0n) is 8.71. The van der Waals surface area contributed by atoms with E-state index in [9.17, 15) is 14.4 Å². The highest BCUT2D eigenvalue weighted by Gasteiger charge is 2.06. The van der Waals surface area contributed by atoms with Gasteiger partial charge >= 0.3 is 5.97 Å². The highest BCUT2D eigenvalue weighted by molar-refractivity contribution is 6.12. The molecular weight excluding hydrogens is 224 g/mol. The average molecular weight is 234 g/mol. The van der Waals surface area contributed by atoms with E-state index in [1.807, 2.05) is 5.32 Å². The molecule has 2 rings (SSSR count). The number of carboxylic acids is 1. The zero-order chi connectivity index (χ0) is 12.8. The van der Waals surface area contributed by atoms with Gasteiger partial charge in [0.15, 0.2) is 0 Å². The second-order valence-electron chi connectivity index (χ2n) is 3.08. The molecule has 17 heavy (non-hydrogen) atoms. The van der Waals surface area contributed by atoms with Crippen LogP contribution in [-0.4, -0.2) is 22.9 Å². The Kier molecular flexibility index (Phi) is 3.99. The summed E-state index contributed by atoms with van der Waals surface area (Å²) in [5.74, 6) is -1.65. The van der Waals surface area contributed by atoms with E-state index < -0.39 is 5.97 Å². The third-order valence-corrected chi connectivity index (χ3v) is 1.82. The number of anilines is 1. The van der Waals surface area contributed by atoms with Crippen molar-refractivity contribution in [1.29, 1.82) is 0 Å². The molecule has 88 valence electrons. The standard InChI is InChI=1S/C7H7NO2.C4H3NO2/c8-6-4-2-1-3-5(6)7(9)10;6-3-1-2-4(7)5-3/h1-4H,8H2,(H,9,10);1-2H,(H,5,6,7). The first kappa shape index (κ1) is 12.4. The summed E-state index contributed by atoms with van der Waals surface area (Å²) in [6, 6.07) is 6.36. The summed E-state index contributed by atoms with van der Waals surface area (Å²) in [7, 11) is 0. The van der Waals surface area contributed by atoms with Crippen molar-refractivity contribution in [3.63, 3.8) is 0 Å². The number of amides is 2. The Hall–Kier alpha value is -2.63. The van der Waals surface area contributed by atoms with Crippen LogP contribution in [0, 0.1) is 0 Å². The SMILES string of the molecule is Nc1ccccc1C(=O)O.O=C1C=CC(=O)N1. The molecule has 1 aliphatic heterocycles. The number of rotatable bonds is 1.